The van der Waals surface area contributed by atoms with Crippen molar-refractivity contribution in [3.63, 3.8) is 0 Å². The first-order valence-electron chi connectivity index (χ1n) is 10.5. The first-order valence-corrected chi connectivity index (χ1v) is 10.5. The number of carbonyl (C=O) groups is 1. The van der Waals surface area contributed by atoms with Crippen molar-refractivity contribution >= 4 is 22.6 Å². The van der Waals surface area contributed by atoms with Crippen LogP contribution in [0.4, 0.5) is 10.1 Å². The Morgan fingerprint density at radius 1 is 1.09 bits per heavy atom. The minimum Gasteiger partial charge on any atom is -0.326 e. The molecule has 0 bridgehead atoms. The van der Waals surface area contributed by atoms with Crippen molar-refractivity contribution in [2.45, 2.75) is 33.6 Å². The summed E-state index contributed by atoms with van der Waals surface area (Å²) in [5, 5.41) is 8.33. The summed E-state index contributed by atoms with van der Waals surface area (Å²) < 4.78 is 16.9. The van der Waals surface area contributed by atoms with Crippen molar-refractivity contribution in [3.8, 4) is 5.69 Å². The van der Waals surface area contributed by atoms with Gasteiger partial charge >= 0.3 is 0 Å². The fourth-order valence-electron chi connectivity index (χ4n) is 4.10. The van der Waals surface area contributed by atoms with E-state index < -0.39 is 5.82 Å². The van der Waals surface area contributed by atoms with Crippen LogP contribution in [0.1, 0.15) is 28.8 Å². The molecule has 0 aliphatic heterocycles. The summed E-state index contributed by atoms with van der Waals surface area (Å²) in [6.07, 6.45) is 0.397. The predicted octanol–water partition coefficient (Wildman–Crippen LogP) is 4.36. The summed E-state index contributed by atoms with van der Waals surface area (Å²) in [6, 6.07) is 13.9. The van der Waals surface area contributed by atoms with Gasteiger partial charge in [0.25, 0.3) is 5.56 Å². The molecule has 2 aromatic heterocycles. The maximum absolute atomic E-state index is 13.5. The molecule has 0 saturated heterocycles. The molecule has 0 saturated carbocycles. The summed E-state index contributed by atoms with van der Waals surface area (Å²) in [5.41, 5.74) is 4.89. The molecule has 7 heteroatoms. The molecule has 1 amide bonds. The third kappa shape index (κ3) is 3.82. The standard InChI is InChI=1S/C25H25FN4O2/c1-15-10-11-18(26)14-21(15)27-22(31)13-12-20-16(2)23-17(3)28-30(19-8-6-5-7-9-19)24(23)29(4)25(20)32/h5-11,14H,12-13H2,1-4H3,(H,27,31). The molecule has 2 heterocycles. The maximum atomic E-state index is 13.5. The van der Waals surface area contributed by atoms with E-state index in [0.29, 0.717) is 11.3 Å². The van der Waals surface area contributed by atoms with E-state index in [0.717, 1.165) is 33.5 Å². The molecule has 0 spiro atoms. The van der Waals surface area contributed by atoms with Crippen LogP contribution in [-0.2, 0) is 18.3 Å². The van der Waals surface area contributed by atoms with E-state index >= 15 is 0 Å². The molecule has 0 radical (unpaired) electrons. The zero-order valence-electron chi connectivity index (χ0n) is 18.6. The Balaban J connectivity index is 1.67. The van der Waals surface area contributed by atoms with Gasteiger partial charge in [0, 0.05) is 30.1 Å². The third-order valence-corrected chi connectivity index (χ3v) is 5.82. The molecule has 0 atom stereocenters. The number of halogens is 1. The average molecular weight is 432 g/mol. The molecule has 4 aromatic rings. The zero-order valence-corrected chi connectivity index (χ0v) is 18.6. The second-order valence-corrected chi connectivity index (χ2v) is 8.01. The number of nitrogens with zero attached hydrogens (tertiary/aromatic N) is 3. The van der Waals surface area contributed by atoms with Gasteiger partial charge in [-0.1, -0.05) is 24.3 Å². The van der Waals surface area contributed by atoms with Crippen LogP contribution < -0.4 is 10.9 Å². The SMILES string of the molecule is Cc1ccc(F)cc1NC(=O)CCc1c(C)c2c(C)nn(-c3ccccc3)c2n(C)c1=O. The van der Waals surface area contributed by atoms with Crippen LogP contribution in [0.25, 0.3) is 16.7 Å². The Bertz CT molecular complexity index is 1390. The summed E-state index contributed by atoms with van der Waals surface area (Å²) in [5.74, 6) is -0.677. The normalized spacial score (nSPS) is 11.2. The van der Waals surface area contributed by atoms with Crippen molar-refractivity contribution in [1.82, 2.24) is 14.3 Å². The molecule has 0 aliphatic rings. The molecule has 6 nitrogen and oxygen atoms in total. The number of hydrogen-bond donors (Lipinski definition) is 1. The largest absolute Gasteiger partial charge is 0.326 e. The highest BCUT2D eigenvalue weighted by atomic mass is 19.1. The van der Waals surface area contributed by atoms with Gasteiger partial charge in [0.1, 0.15) is 11.5 Å². The Morgan fingerprint density at radius 2 is 1.81 bits per heavy atom. The Hall–Kier alpha value is -3.74. The number of aromatic nitrogens is 3. The number of anilines is 1. The molecule has 1 N–H and O–H groups in total. The van der Waals surface area contributed by atoms with Gasteiger partial charge in [0.2, 0.25) is 5.91 Å². The first kappa shape index (κ1) is 21.5. The summed E-state index contributed by atoms with van der Waals surface area (Å²) in [4.78, 5) is 25.7. The lowest BCUT2D eigenvalue weighted by Gasteiger charge is -2.13. The number of hydrogen-bond acceptors (Lipinski definition) is 3. The summed E-state index contributed by atoms with van der Waals surface area (Å²) >= 11 is 0. The van der Waals surface area contributed by atoms with Crippen LogP contribution in [0.2, 0.25) is 0 Å². The number of benzene rings is 2. The van der Waals surface area contributed by atoms with Gasteiger partial charge in [0.15, 0.2) is 0 Å². The van der Waals surface area contributed by atoms with Crippen LogP contribution >= 0.6 is 0 Å². The summed E-state index contributed by atoms with van der Waals surface area (Å²) in [6.45, 7) is 5.62. The van der Waals surface area contributed by atoms with Crippen LogP contribution in [0, 0.1) is 26.6 Å². The molecule has 0 fully saturated rings. The number of rotatable bonds is 5. The highest BCUT2D eigenvalue weighted by molar-refractivity contribution is 5.92. The Labute approximate surface area is 185 Å². The summed E-state index contributed by atoms with van der Waals surface area (Å²) in [7, 11) is 1.73. The Kier molecular flexibility index (Phi) is 5.65. The fourth-order valence-corrected chi connectivity index (χ4v) is 4.10. The van der Waals surface area contributed by atoms with Crippen molar-refractivity contribution in [3.05, 3.63) is 87.1 Å². The highest BCUT2D eigenvalue weighted by Crippen LogP contribution is 2.26. The maximum Gasteiger partial charge on any atom is 0.255 e. The first-order chi connectivity index (χ1) is 15.3. The number of para-hydroxylation sites is 1. The van der Waals surface area contributed by atoms with Gasteiger partial charge in [-0.25, -0.2) is 9.07 Å². The van der Waals surface area contributed by atoms with Crippen molar-refractivity contribution < 1.29 is 9.18 Å². The van der Waals surface area contributed by atoms with Gasteiger partial charge in [0.05, 0.1) is 11.4 Å². The number of amides is 1. The van der Waals surface area contributed by atoms with Crippen molar-refractivity contribution in [1.29, 1.82) is 0 Å². The van der Waals surface area contributed by atoms with Gasteiger partial charge in [-0.15, -0.1) is 0 Å². The van der Waals surface area contributed by atoms with Crippen LogP contribution in [-0.4, -0.2) is 20.3 Å². The zero-order chi connectivity index (χ0) is 23.0. The van der Waals surface area contributed by atoms with E-state index in [1.165, 1.54) is 12.1 Å². The van der Waals surface area contributed by atoms with Gasteiger partial charge in [-0.05, 0) is 62.6 Å². The number of pyridine rings is 1. The lowest BCUT2D eigenvalue weighted by Crippen LogP contribution is -2.25. The van der Waals surface area contributed by atoms with Crippen LogP contribution in [0.15, 0.2) is 53.3 Å². The monoisotopic (exact) mass is 432 g/mol. The molecule has 4 rings (SSSR count). The molecular formula is C25H25FN4O2. The lowest BCUT2D eigenvalue weighted by molar-refractivity contribution is -0.116. The molecular weight excluding hydrogens is 407 g/mol. The van der Waals surface area contributed by atoms with Gasteiger partial charge in [-0.3, -0.25) is 14.2 Å². The highest BCUT2D eigenvalue weighted by Gasteiger charge is 2.20. The average Bonchev–Trinajstić information content (AvgIpc) is 3.13. The van der Waals surface area contributed by atoms with Crippen molar-refractivity contribution in [2.75, 3.05) is 5.32 Å². The van der Waals surface area contributed by atoms with E-state index in [4.69, 9.17) is 0 Å². The van der Waals surface area contributed by atoms with Gasteiger partial charge < -0.3 is 5.32 Å². The quantitative estimate of drug-likeness (QED) is 0.510. The topological polar surface area (TPSA) is 68.9 Å². The molecule has 0 aliphatic carbocycles. The number of carbonyl (C=O) groups excluding carboxylic acids is 1. The molecule has 0 unspecified atom stereocenters. The van der Waals surface area contributed by atoms with Crippen LogP contribution in [0.3, 0.4) is 0 Å². The number of nitrogens with one attached hydrogen (secondary N) is 1. The molecule has 32 heavy (non-hydrogen) atoms. The van der Waals surface area contributed by atoms with Crippen LogP contribution in [0.5, 0.6) is 0 Å². The third-order valence-electron chi connectivity index (χ3n) is 5.82. The fraction of sp³-hybridized carbons (Fsp3) is 0.240. The van der Waals surface area contributed by atoms with E-state index in [2.05, 4.69) is 10.4 Å². The molecule has 164 valence electrons. The predicted molar refractivity (Wildman–Crippen MR) is 124 cm³/mol. The minimum absolute atomic E-state index is 0.114. The van der Waals surface area contributed by atoms with E-state index in [1.54, 1.807) is 29.3 Å². The second-order valence-electron chi connectivity index (χ2n) is 8.01. The van der Waals surface area contributed by atoms with Crippen molar-refractivity contribution in [2.24, 2.45) is 7.05 Å². The smallest absolute Gasteiger partial charge is 0.255 e. The lowest BCUT2D eigenvalue weighted by atomic mass is 10.0. The van der Waals surface area contributed by atoms with Gasteiger partial charge in [-0.2, -0.15) is 5.10 Å². The second kappa shape index (κ2) is 8.42. The van der Waals surface area contributed by atoms with E-state index in [-0.39, 0.29) is 24.3 Å². The minimum atomic E-state index is -0.410. The number of aryl methyl sites for hydroxylation is 4. The van der Waals surface area contributed by atoms with E-state index in [9.17, 15) is 14.0 Å². The number of fused-ring (bicyclic) bond motifs is 1. The molecule has 2 aromatic carbocycles. The Morgan fingerprint density at radius 3 is 2.53 bits per heavy atom. The van der Waals surface area contributed by atoms with E-state index in [1.807, 2.05) is 44.2 Å².